The maximum atomic E-state index is 12.2. The van der Waals surface area contributed by atoms with Gasteiger partial charge in [-0.15, -0.1) is 0 Å². The summed E-state index contributed by atoms with van der Waals surface area (Å²) in [6.45, 7) is -0.513. The normalized spacial score (nSPS) is 13.7. The number of carbonyl (C=O) groups is 1. The van der Waals surface area contributed by atoms with Gasteiger partial charge in [0.05, 0.1) is 6.61 Å². The molecular weight excluding hydrogens is 256 g/mol. The zero-order valence-electron chi connectivity index (χ0n) is 8.58. The summed E-state index contributed by atoms with van der Waals surface area (Å²) < 4.78 is 76.3. The lowest BCUT2D eigenvalue weighted by atomic mass is 10.3. The van der Waals surface area contributed by atoms with Crippen LogP contribution in [-0.2, 0) is 9.53 Å². The van der Waals surface area contributed by atoms with Crippen molar-refractivity contribution in [2.45, 2.75) is 12.4 Å². The second-order valence-corrected chi connectivity index (χ2v) is 2.84. The van der Waals surface area contributed by atoms with Crippen LogP contribution in [0.15, 0.2) is 11.8 Å². The number of hydrogen-bond acceptors (Lipinski definition) is 3. The SMILES string of the molecule is COCCN/C(=C/C(=O)C(F)(F)F)C(F)(F)F. The molecule has 1 N–H and O–H groups in total. The van der Waals surface area contributed by atoms with Crippen LogP contribution in [0.25, 0.3) is 0 Å². The van der Waals surface area contributed by atoms with Crippen molar-refractivity contribution >= 4 is 5.78 Å². The minimum Gasteiger partial charge on any atom is -0.383 e. The summed E-state index contributed by atoms with van der Waals surface area (Å²) in [5.74, 6) is -2.57. The molecule has 0 heterocycles. The monoisotopic (exact) mass is 265 g/mol. The molecule has 0 aromatic carbocycles. The fraction of sp³-hybridized carbons (Fsp3) is 0.625. The quantitative estimate of drug-likeness (QED) is 0.468. The number of carbonyl (C=O) groups excluding carboxylic acids is 1. The van der Waals surface area contributed by atoms with Gasteiger partial charge in [0.2, 0.25) is 0 Å². The average molecular weight is 265 g/mol. The van der Waals surface area contributed by atoms with E-state index >= 15 is 0 Å². The Bertz CT molecular complexity index is 293. The summed E-state index contributed by atoms with van der Waals surface area (Å²) in [5.41, 5.74) is -1.75. The molecule has 0 aromatic heterocycles. The number of alkyl halides is 6. The molecule has 0 saturated carbocycles. The van der Waals surface area contributed by atoms with Crippen molar-refractivity contribution in [2.24, 2.45) is 0 Å². The van der Waals surface area contributed by atoms with Crippen molar-refractivity contribution in [3.05, 3.63) is 11.8 Å². The van der Waals surface area contributed by atoms with Gasteiger partial charge in [-0.2, -0.15) is 26.3 Å². The third-order valence-electron chi connectivity index (χ3n) is 1.48. The van der Waals surface area contributed by atoms with Crippen molar-refractivity contribution in [1.29, 1.82) is 0 Å². The summed E-state index contributed by atoms with van der Waals surface area (Å²) in [6.07, 6.45) is -10.9. The van der Waals surface area contributed by atoms with E-state index in [-0.39, 0.29) is 13.2 Å². The van der Waals surface area contributed by atoms with E-state index in [0.29, 0.717) is 0 Å². The zero-order chi connectivity index (χ0) is 13.7. The molecule has 3 nitrogen and oxygen atoms in total. The van der Waals surface area contributed by atoms with Crippen LogP contribution in [0.2, 0.25) is 0 Å². The first-order valence-corrected chi connectivity index (χ1v) is 4.22. The topological polar surface area (TPSA) is 38.3 Å². The fourth-order valence-corrected chi connectivity index (χ4v) is 0.734. The first-order valence-electron chi connectivity index (χ1n) is 4.22. The Labute approximate surface area is 92.4 Å². The van der Waals surface area contributed by atoms with Gasteiger partial charge < -0.3 is 10.1 Å². The Hall–Kier alpha value is -1.25. The molecule has 0 radical (unpaired) electrons. The molecule has 0 saturated heterocycles. The first kappa shape index (κ1) is 15.8. The minimum atomic E-state index is -5.33. The summed E-state index contributed by atoms with van der Waals surface area (Å²) in [5, 5.41) is 1.65. The van der Waals surface area contributed by atoms with Gasteiger partial charge in [0.25, 0.3) is 5.78 Å². The lowest BCUT2D eigenvalue weighted by Gasteiger charge is -2.14. The number of allylic oxidation sites excluding steroid dienone is 2. The molecule has 0 spiro atoms. The Kier molecular flexibility index (Phi) is 5.46. The van der Waals surface area contributed by atoms with E-state index in [1.165, 1.54) is 7.11 Å². The zero-order valence-corrected chi connectivity index (χ0v) is 8.58. The van der Waals surface area contributed by atoms with E-state index in [2.05, 4.69) is 4.74 Å². The molecule has 0 atom stereocenters. The molecule has 0 aliphatic rings. The van der Waals surface area contributed by atoms with Gasteiger partial charge in [-0.25, -0.2) is 0 Å². The molecule has 0 bridgehead atoms. The molecule has 0 rings (SSSR count). The van der Waals surface area contributed by atoms with Gasteiger partial charge >= 0.3 is 12.4 Å². The van der Waals surface area contributed by atoms with Crippen LogP contribution in [0, 0.1) is 0 Å². The molecule has 0 aliphatic carbocycles. The molecule has 0 aromatic rings. The maximum Gasteiger partial charge on any atom is 0.454 e. The molecule has 0 unspecified atom stereocenters. The predicted molar refractivity (Wildman–Crippen MR) is 45.1 cm³/mol. The molecule has 0 fully saturated rings. The number of rotatable bonds is 5. The van der Waals surface area contributed by atoms with Crippen LogP contribution in [-0.4, -0.2) is 38.4 Å². The molecule has 0 amide bonds. The largest absolute Gasteiger partial charge is 0.454 e. The van der Waals surface area contributed by atoms with E-state index in [9.17, 15) is 31.1 Å². The Morgan fingerprint density at radius 3 is 2.06 bits per heavy atom. The standard InChI is InChI=1S/C8H9F6NO2/c1-17-3-2-15-5(7(9,10)11)4-6(16)8(12,13)14/h4,15H,2-3H2,1H3/b5-4+. The number of methoxy groups -OCH3 is 1. The fourth-order valence-electron chi connectivity index (χ4n) is 0.734. The van der Waals surface area contributed by atoms with E-state index in [0.717, 1.165) is 0 Å². The summed E-state index contributed by atoms with van der Waals surface area (Å²) in [6, 6.07) is 0. The lowest BCUT2D eigenvalue weighted by Crippen LogP contribution is -2.31. The lowest BCUT2D eigenvalue weighted by molar-refractivity contribution is -0.166. The van der Waals surface area contributed by atoms with E-state index < -0.39 is 29.9 Å². The number of ketones is 1. The van der Waals surface area contributed by atoms with Crippen molar-refractivity contribution in [2.75, 3.05) is 20.3 Å². The van der Waals surface area contributed by atoms with Crippen LogP contribution in [0.5, 0.6) is 0 Å². The van der Waals surface area contributed by atoms with Crippen molar-refractivity contribution < 1.29 is 35.9 Å². The highest BCUT2D eigenvalue weighted by Crippen LogP contribution is 2.25. The Balaban J connectivity index is 4.81. The van der Waals surface area contributed by atoms with Crippen LogP contribution >= 0.6 is 0 Å². The van der Waals surface area contributed by atoms with E-state index in [4.69, 9.17) is 0 Å². The number of nitrogens with one attached hydrogen (secondary N) is 1. The smallest absolute Gasteiger partial charge is 0.383 e. The minimum absolute atomic E-state index is 0.145. The average Bonchev–Trinajstić information content (AvgIpc) is 2.13. The highest BCUT2D eigenvalue weighted by molar-refractivity contribution is 5.95. The third-order valence-corrected chi connectivity index (χ3v) is 1.48. The second kappa shape index (κ2) is 5.89. The van der Waals surface area contributed by atoms with E-state index in [1.54, 1.807) is 5.32 Å². The van der Waals surface area contributed by atoms with Gasteiger partial charge in [-0.05, 0) is 0 Å². The summed E-state index contributed by atoms with van der Waals surface area (Å²) >= 11 is 0. The first-order chi connectivity index (χ1) is 7.59. The van der Waals surface area contributed by atoms with Gasteiger partial charge in [-0.1, -0.05) is 0 Å². The summed E-state index contributed by atoms with van der Waals surface area (Å²) in [4.78, 5) is 10.4. The van der Waals surface area contributed by atoms with Crippen molar-refractivity contribution in [3.8, 4) is 0 Å². The number of ether oxygens (including phenoxy) is 1. The Morgan fingerprint density at radius 1 is 1.18 bits per heavy atom. The number of halogens is 6. The maximum absolute atomic E-state index is 12.2. The predicted octanol–water partition coefficient (Wildman–Crippen LogP) is 1.80. The van der Waals surface area contributed by atoms with Gasteiger partial charge in [-0.3, -0.25) is 4.79 Å². The highest BCUT2D eigenvalue weighted by Gasteiger charge is 2.41. The molecule has 9 heteroatoms. The van der Waals surface area contributed by atoms with Crippen LogP contribution < -0.4 is 5.32 Å². The number of hydrogen-bond donors (Lipinski definition) is 1. The van der Waals surface area contributed by atoms with Crippen molar-refractivity contribution in [1.82, 2.24) is 5.32 Å². The molecule has 100 valence electrons. The van der Waals surface area contributed by atoms with Crippen LogP contribution in [0.3, 0.4) is 0 Å². The highest BCUT2D eigenvalue weighted by atomic mass is 19.4. The molecule has 17 heavy (non-hydrogen) atoms. The van der Waals surface area contributed by atoms with Gasteiger partial charge in [0, 0.05) is 19.7 Å². The second-order valence-electron chi connectivity index (χ2n) is 2.84. The molecular formula is C8H9F6NO2. The van der Waals surface area contributed by atoms with Gasteiger partial charge in [0.15, 0.2) is 0 Å². The molecule has 0 aliphatic heterocycles. The van der Waals surface area contributed by atoms with Crippen molar-refractivity contribution in [3.63, 3.8) is 0 Å². The Morgan fingerprint density at radius 2 is 1.71 bits per heavy atom. The van der Waals surface area contributed by atoms with Crippen LogP contribution in [0.1, 0.15) is 0 Å². The third kappa shape index (κ3) is 6.15. The summed E-state index contributed by atoms with van der Waals surface area (Å²) in [7, 11) is 1.21. The van der Waals surface area contributed by atoms with Gasteiger partial charge in [0.1, 0.15) is 5.70 Å². The van der Waals surface area contributed by atoms with E-state index in [1.807, 2.05) is 0 Å². The van der Waals surface area contributed by atoms with Crippen LogP contribution in [0.4, 0.5) is 26.3 Å².